The average molecular weight is 405 g/mol. The number of hydrogen-bond donors (Lipinski definition) is 0. The number of fused-ring (bicyclic) bond motifs is 1. The van der Waals surface area contributed by atoms with Crippen LogP contribution in [-0.4, -0.2) is 21.9 Å². The molecule has 0 saturated carbocycles. The van der Waals surface area contributed by atoms with Crippen molar-refractivity contribution < 1.29 is 4.79 Å². The third-order valence-corrected chi connectivity index (χ3v) is 7.65. The first kappa shape index (κ1) is 17.7. The molecule has 0 bridgehead atoms. The van der Waals surface area contributed by atoms with Gasteiger partial charge in [0, 0.05) is 40.3 Å². The van der Waals surface area contributed by atoms with Gasteiger partial charge in [-0.25, -0.2) is 0 Å². The number of thiazole rings is 1. The van der Waals surface area contributed by atoms with Crippen molar-refractivity contribution in [3.63, 3.8) is 0 Å². The molecule has 26 heavy (non-hydrogen) atoms. The molecule has 0 fully saturated rings. The molecule has 3 aromatic rings. The van der Waals surface area contributed by atoms with Crippen LogP contribution < -0.4 is 4.87 Å². The van der Waals surface area contributed by atoms with Gasteiger partial charge in [0.15, 0.2) is 0 Å². The van der Waals surface area contributed by atoms with Crippen molar-refractivity contribution in [3.8, 4) is 0 Å². The van der Waals surface area contributed by atoms with Crippen LogP contribution in [0, 0.1) is 6.92 Å². The molecule has 7 heteroatoms. The number of carbonyl (C=O) groups is 1. The molecule has 0 spiro atoms. The molecule has 0 radical (unpaired) electrons. The highest BCUT2D eigenvalue weighted by molar-refractivity contribution is 7.10. The molecule has 0 aromatic carbocycles. The van der Waals surface area contributed by atoms with E-state index in [1.165, 1.54) is 26.7 Å². The summed E-state index contributed by atoms with van der Waals surface area (Å²) < 4.78 is 1.77. The molecule has 1 amide bonds. The fourth-order valence-electron chi connectivity index (χ4n) is 3.55. The zero-order valence-corrected chi connectivity index (χ0v) is 17.0. The molecule has 4 nitrogen and oxygen atoms in total. The Hall–Kier alpha value is -1.70. The van der Waals surface area contributed by atoms with Crippen LogP contribution >= 0.6 is 34.0 Å². The van der Waals surface area contributed by atoms with Gasteiger partial charge in [0.2, 0.25) is 5.91 Å². The standard InChI is InChI=1S/C19H20N2O2S3/c1-13-12-26-19(23)20(13)8-2-5-17(22)21-9-6-15-14(7-11-25-15)18(21)16-4-3-10-24-16/h3-4,7,10-12,18H,2,5-6,8-9H2,1H3. The first-order valence-electron chi connectivity index (χ1n) is 8.69. The van der Waals surface area contributed by atoms with Crippen molar-refractivity contribution in [1.82, 2.24) is 9.47 Å². The monoisotopic (exact) mass is 404 g/mol. The minimum atomic E-state index is 0.0445. The van der Waals surface area contributed by atoms with Crippen LogP contribution in [0.3, 0.4) is 0 Å². The molecule has 1 aliphatic rings. The molecule has 1 unspecified atom stereocenters. The van der Waals surface area contributed by atoms with Crippen LogP contribution in [0.15, 0.2) is 39.1 Å². The SMILES string of the molecule is Cc1csc(=O)n1CCCC(=O)N1CCc2sccc2C1c1cccs1. The number of aromatic nitrogens is 1. The smallest absolute Gasteiger partial charge is 0.307 e. The molecule has 1 aliphatic heterocycles. The molecule has 136 valence electrons. The molecule has 0 N–H and O–H groups in total. The molecule has 1 atom stereocenters. The first-order chi connectivity index (χ1) is 12.6. The Labute approximate surface area is 164 Å². The van der Waals surface area contributed by atoms with Gasteiger partial charge in [0.25, 0.3) is 0 Å². The summed E-state index contributed by atoms with van der Waals surface area (Å²) in [5, 5.41) is 6.08. The lowest BCUT2D eigenvalue weighted by molar-refractivity contribution is -0.133. The zero-order chi connectivity index (χ0) is 18.1. The van der Waals surface area contributed by atoms with Gasteiger partial charge in [-0.1, -0.05) is 17.4 Å². The Morgan fingerprint density at radius 1 is 1.23 bits per heavy atom. The second-order valence-corrected chi connectivity index (χ2v) is 9.25. The lowest BCUT2D eigenvalue weighted by Crippen LogP contribution is -2.39. The van der Waals surface area contributed by atoms with E-state index >= 15 is 0 Å². The van der Waals surface area contributed by atoms with E-state index in [0.717, 1.165) is 18.7 Å². The van der Waals surface area contributed by atoms with E-state index in [4.69, 9.17) is 0 Å². The third kappa shape index (κ3) is 3.31. The molecule has 3 aromatic heterocycles. The molecule has 4 rings (SSSR count). The predicted molar refractivity (Wildman–Crippen MR) is 108 cm³/mol. The second-order valence-electron chi connectivity index (χ2n) is 6.45. The van der Waals surface area contributed by atoms with E-state index < -0.39 is 0 Å². The predicted octanol–water partition coefficient (Wildman–Crippen LogP) is 4.30. The van der Waals surface area contributed by atoms with Gasteiger partial charge in [0.1, 0.15) is 0 Å². The summed E-state index contributed by atoms with van der Waals surface area (Å²) in [6, 6.07) is 6.38. The Balaban J connectivity index is 1.49. The summed E-state index contributed by atoms with van der Waals surface area (Å²) in [7, 11) is 0. The number of amides is 1. The minimum Gasteiger partial charge on any atom is -0.330 e. The van der Waals surface area contributed by atoms with Crippen LogP contribution in [0.4, 0.5) is 0 Å². The molecule has 4 heterocycles. The average Bonchev–Trinajstić information content (AvgIpc) is 3.37. The fraction of sp³-hybridized carbons (Fsp3) is 0.368. The summed E-state index contributed by atoms with van der Waals surface area (Å²) in [5.41, 5.74) is 2.26. The number of thiophene rings is 2. The lowest BCUT2D eigenvalue weighted by Gasteiger charge is -2.35. The summed E-state index contributed by atoms with van der Waals surface area (Å²) in [6.45, 7) is 3.32. The van der Waals surface area contributed by atoms with Crippen LogP contribution in [-0.2, 0) is 17.8 Å². The number of rotatable bonds is 5. The maximum atomic E-state index is 13.0. The summed E-state index contributed by atoms with van der Waals surface area (Å²) >= 11 is 4.72. The van der Waals surface area contributed by atoms with Gasteiger partial charge in [-0.05, 0) is 48.2 Å². The molecule has 0 aliphatic carbocycles. The summed E-state index contributed by atoms with van der Waals surface area (Å²) in [4.78, 5) is 29.5. The highest BCUT2D eigenvalue weighted by Gasteiger charge is 2.32. The maximum Gasteiger partial charge on any atom is 0.307 e. The molecular weight excluding hydrogens is 384 g/mol. The van der Waals surface area contributed by atoms with Gasteiger partial charge in [-0.3, -0.25) is 9.59 Å². The Kier molecular flexibility index (Phi) is 5.11. The first-order valence-corrected chi connectivity index (χ1v) is 11.3. The van der Waals surface area contributed by atoms with Crippen LogP contribution in [0.5, 0.6) is 0 Å². The number of hydrogen-bond acceptors (Lipinski definition) is 5. The van der Waals surface area contributed by atoms with E-state index in [9.17, 15) is 9.59 Å². The quantitative estimate of drug-likeness (QED) is 0.636. The lowest BCUT2D eigenvalue weighted by atomic mass is 9.98. The summed E-state index contributed by atoms with van der Waals surface area (Å²) in [6.07, 6.45) is 2.10. The highest BCUT2D eigenvalue weighted by Crippen LogP contribution is 2.39. The van der Waals surface area contributed by atoms with E-state index in [1.807, 2.05) is 17.2 Å². The maximum absolute atomic E-state index is 13.0. The zero-order valence-electron chi connectivity index (χ0n) is 14.5. The molecule has 0 saturated heterocycles. The molecular formula is C19H20N2O2S3. The Morgan fingerprint density at radius 3 is 2.85 bits per heavy atom. The third-order valence-electron chi connectivity index (χ3n) is 4.85. The van der Waals surface area contributed by atoms with E-state index in [1.54, 1.807) is 27.2 Å². The van der Waals surface area contributed by atoms with Gasteiger partial charge in [-0.2, -0.15) is 0 Å². The van der Waals surface area contributed by atoms with Crippen LogP contribution in [0.25, 0.3) is 0 Å². The van der Waals surface area contributed by atoms with Crippen LogP contribution in [0.2, 0.25) is 0 Å². The van der Waals surface area contributed by atoms with Gasteiger partial charge in [0.05, 0.1) is 6.04 Å². The summed E-state index contributed by atoms with van der Waals surface area (Å²) in [5.74, 6) is 0.182. The number of aryl methyl sites for hydroxylation is 1. The fourth-order valence-corrected chi connectivity index (χ4v) is 6.06. The van der Waals surface area contributed by atoms with Crippen molar-refractivity contribution in [3.05, 3.63) is 65.0 Å². The number of nitrogens with zero attached hydrogens (tertiary/aromatic N) is 2. The highest BCUT2D eigenvalue weighted by atomic mass is 32.1. The van der Waals surface area contributed by atoms with Crippen molar-refractivity contribution in [2.45, 2.75) is 38.8 Å². The second kappa shape index (κ2) is 7.50. The van der Waals surface area contributed by atoms with E-state index in [-0.39, 0.29) is 16.8 Å². The largest absolute Gasteiger partial charge is 0.330 e. The Bertz CT molecular complexity index is 952. The van der Waals surface area contributed by atoms with E-state index in [0.29, 0.717) is 19.4 Å². The van der Waals surface area contributed by atoms with Crippen LogP contribution in [0.1, 0.15) is 39.9 Å². The van der Waals surface area contributed by atoms with Crippen molar-refractivity contribution in [2.75, 3.05) is 6.54 Å². The van der Waals surface area contributed by atoms with Crippen molar-refractivity contribution in [1.29, 1.82) is 0 Å². The van der Waals surface area contributed by atoms with Gasteiger partial charge in [-0.15, -0.1) is 22.7 Å². The van der Waals surface area contributed by atoms with Gasteiger partial charge < -0.3 is 9.47 Å². The normalized spacial score (nSPS) is 16.7. The number of carbonyl (C=O) groups excluding carboxylic acids is 1. The Morgan fingerprint density at radius 2 is 2.12 bits per heavy atom. The minimum absolute atomic E-state index is 0.0445. The van der Waals surface area contributed by atoms with E-state index in [2.05, 4.69) is 29.0 Å². The van der Waals surface area contributed by atoms with Crippen molar-refractivity contribution >= 4 is 39.9 Å². The topological polar surface area (TPSA) is 42.3 Å². The van der Waals surface area contributed by atoms with Gasteiger partial charge >= 0.3 is 4.87 Å². The van der Waals surface area contributed by atoms with Crippen molar-refractivity contribution in [2.24, 2.45) is 0 Å².